The number of aromatic nitrogens is 1. The lowest BCUT2D eigenvalue weighted by molar-refractivity contribution is 0.0321. The van der Waals surface area contributed by atoms with E-state index in [9.17, 15) is 8.42 Å². The first kappa shape index (κ1) is 15.5. The van der Waals surface area contributed by atoms with Gasteiger partial charge in [-0.15, -0.1) is 0 Å². The van der Waals surface area contributed by atoms with Crippen LogP contribution < -0.4 is 4.72 Å². The molecule has 0 bridgehead atoms. The number of hydrogen-bond donors (Lipinski definition) is 3. The Labute approximate surface area is 119 Å². The predicted octanol–water partition coefficient (Wildman–Crippen LogP) is 1.13. The van der Waals surface area contributed by atoms with Gasteiger partial charge in [0.05, 0.1) is 24.2 Å². The molecule has 7 heteroatoms. The molecule has 0 saturated heterocycles. The van der Waals surface area contributed by atoms with Crippen molar-refractivity contribution in [1.29, 1.82) is 0 Å². The lowest BCUT2D eigenvalue weighted by atomic mass is 9.98. The summed E-state index contributed by atoms with van der Waals surface area (Å²) in [6.07, 6.45) is 7.46. The largest absolute Gasteiger partial charge is 0.390 e. The van der Waals surface area contributed by atoms with E-state index < -0.39 is 10.0 Å². The van der Waals surface area contributed by atoms with Crippen LogP contribution in [0.25, 0.3) is 0 Å². The van der Waals surface area contributed by atoms with Crippen LogP contribution in [-0.2, 0) is 21.4 Å². The van der Waals surface area contributed by atoms with E-state index in [0.717, 1.165) is 12.8 Å². The number of aliphatic hydroxyl groups is 1. The van der Waals surface area contributed by atoms with Gasteiger partial charge in [-0.05, 0) is 18.9 Å². The van der Waals surface area contributed by atoms with E-state index in [1.54, 1.807) is 0 Å². The fourth-order valence-electron chi connectivity index (χ4n) is 2.38. The molecule has 0 aliphatic heterocycles. The number of H-pyrrole nitrogens is 1. The van der Waals surface area contributed by atoms with E-state index in [4.69, 9.17) is 9.84 Å². The van der Waals surface area contributed by atoms with Crippen LogP contribution in [0.1, 0.15) is 37.8 Å². The van der Waals surface area contributed by atoms with Crippen molar-refractivity contribution in [3.63, 3.8) is 0 Å². The smallest absolute Gasteiger partial charge is 0.242 e. The Morgan fingerprint density at radius 3 is 2.75 bits per heavy atom. The number of nitrogens with one attached hydrogen (secondary N) is 2. The van der Waals surface area contributed by atoms with Gasteiger partial charge < -0.3 is 14.8 Å². The van der Waals surface area contributed by atoms with Gasteiger partial charge in [0.15, 0.2) is 0 Å². The van der Waals surface area contributed by atoms with Gasteiger partial charge in [0.1, 0.15) is 0 Å². The van der Waals surface area contributed by atoms with Gasteiger partial charge in [-0.2, -0.15) is 0 Å². The summed E-state index contributed by atoms with van der Waals surface area (Å²) >= 11 is 0. The Kier molecular flexibility index (Phi) is 5.59. The predicted molar refractivity (Wildman–Crippen MR) is 74.7 cm³/mol. The highest BCUT2D eigenvalue weighted by Crippen LogP contribution is 2.20. The molecule has 0 atom stereocenters. The Bertz CT molecular complexity index is 506. The maximum Gasteiger partial charge on any atom is 0.242 e. The van der Waals surface area contributed by atoms with Gasteiger partial charge in [-0.1, -0.05) is 19.3 Å². The first-order valence-electron chi connectivity index (χ1n) is 7.01. The lowest BCUT2D eigenvalue weighted by Gasteiger charge is -2.21. The molecule has 0 spiro atoms. The van der Waals surface area contributed by atoms with Crippen molar-refractivity contribution in [2.75, 3.05) is 13.2 Å². The molecule has 0 radical (unpaired) electrons. The van der Waals surface area contributed by atoms with Crippen molar-refractivity contribution in [3.8, 4) is 0 Å². The second kappa shape index (κ2) is 7.21. The van der Waals surface area contributed by atoms with Crippen LogP contribution in [0.15, 0.2) is 17.2 Å². The molecule has 2 rings (SSSR count). The van der Waals surface area contributed by atoms with Crippen molar-refractivity contribution in [1.82, 2.24) is 9.71 Å². The van der Waals surface area contributed by atoms with Crippen LogP contribution in [0.4, 0.5) is 0 Å². The van der Waals surface area contributed by atoms with Gasteiger partial charge in [0.2, 0.25) is 10.0 Å². The summed E-state index contributed by atoms with van der Waals surface area (Å²) in [5.41, 5.74) is 0.476. The Morgan fingerprint density at radius 1 is 1.35 bits per heavy atom. The molecule has 3 N–H and O–H groups in total. The highest BCUT2D eigenvalue weighted by molar-refractivity contribution is 7.89. The van der Waals surface area contributed by atoms with Crippen LogP contribution in [0.5, 0.6) is 0 Å². The van der Waals surface area contributed by atoms with E-state index in [-0.39, 0.29) is 24.2 Å². The zero-order valence-electron chi connectivity index (χ0n) is 11.5. The fourth-order valence-corrected chi connectivity index (χ4v) is 3.41. The maximum absolute atomic E-state index is 11.9. The molecule has 1 aromatic heterocycles. The average Bonchev–Trinajstić information content (AvgIpc) is 2.95. The number of hydrogen-bond acceptors (Lipinski definition) is 4. The second-order valence-corrected chi connectivity index (χ2v) is 6.81. The Hall–Kier alpha value is -0.890. The van der Waals surface area contributed by atoms with Gasteiger partial charge >= 0.3 is 0 Å². The summed E-state index contributed by atoms with van der Waals surface area (Å²) in [6.45, 7) is 0.444. The van der Waals surface area contributed by atoms with Crippen molar-refractivity contribution in [2.24, 2.45) is 0 Å². The topological polar surface area (TPSA) is 91.4 Å². The third-order valence-corrected chi connectivity index (χ3v) is 4.94. The third kappa shape index (κ3) is 4.31. The van der Waals surface area contributed by atoms with E-state index >= 15 is 0 Å². The summed E-state index contributed by atoms with van der Waals surface area (Å²) < 4.78 is 32.1. The summed E-state index contributed by atoms with van der Waals surface area (Å²) in [5.74, 6) is 0. The quantitative estimate of drug-likeness (QED) is 0.659. The van der Waals surface area contributed by atoms with Crippen molar-refractivity contribution >= 4 is 10.0 Å². The minimum atomic E-state index is -3.52. The molecule has 1 heterocycles. The summed E-state index contributed by atoms with van der Waals surface area (Å²) in [5, 5.41) is 8.91. The molecule has 114 valence electrons. The Morgan fingerprint density at radius 2 is 2.10 bits per heavy atom. The van der Waals surface area contributed by atoms with Crippen LogP contribution in [0, 0.1) is 0 Å². The van der Waals surface area contributed by atoms with E-state index in [1.807, 2.05) is 0 Å². The molecule has 0 aromatic carbocycles. The first-order chi connectivity index (χ1) is 9.62. The van der Waals surface area contributed by atoms with Crippen LogP contribution >= 0.6 is 0 Å². The molecule has 1 saturated carbocycles. The van der Waals surface area contributed by atoms with E-state index in [1.165, 1.54) is 31.5 Å². The molecule has 1 aromatic rings. The standard InChI is InChI=1S/C13H22N2O4S/c16-10-11-8-13(9-14-11)20(17,18)15-6-7-19-12-4-2-1-3-5-12/h8-9,12,14-16H,1-7,10H2. The molecule has 20 heavy (non-hydrogen) atoms. The highest BCUT2D eigenvalue weighted by Gasteiger charge is 2.17. The zero-order valence-corrected chi connectivity index (χ0v) is 12.3. The van der Waals surface area contributed by atoms with Crippen molar-refractivity contribution < 1.29 is 18.3 Å². The van der Waals surface area contributed by atoms with E-state index in [0.29, 0.717) is 12.3 Å². The molecule has 6 nitrogen and oxygen atoms in total. The van der Waals surface area contributed by atoms with Crippen LogP contribution in [0.2, 0.25) is 0 Å². The molecule has 0 amide bonds. The van der Waals surface area contributed by atoms with Gasteiger partial charge in [0, 0.05) is 18.4 Å². The fraction of sp³-hybridized carbons (Fsp3) is 0.692. The first-order valence-corrected chi connectivity index (χ1v) is 8.49. The van der Waals surface area contributed by atoms with Crippen molar-refractivity contribution in [2.45, 2.75) is 49.7 Å². The van der Waals surface area contributed by atoms with Crippen molar-refractivity contribution in [3.05, 3.63) is 18.0 Å². The van der Waals surface area contributed by atoms with Gasteiger partial charge in [-0.3, -0.25) is 0 Å². The summed E-state index contributed by atoms with van der Waals surface area (Å²) in [7, 11) is -3.52. The van der Waals surface area contributed by atoms with Crippen LogP contribution in [0.3, 0.4) is 0 Å². The minimum absolute atomic E-state index is 0.138. The highest BCUT2D eigenvalue weighted by atomic mass is 32.2. The lowest BCUT2D eigenvalue weighted by Crippen LogP contribution is -2.29. The SMILES string of the molecule is O=S(=O)(NCCOC1CCCCC1)c1c[nH]c(CO)c1. The van der Waals surface area contributed by atoms with Gasteiger partial charge in [0.25, 0.3) is 0 Å². The zero-order chi connectivity index (χ0) is 14.4. The summed E-state index contributed by atoms with van der Waals surface area (Å²) in [4.78, 5) is 2.84. The molecule has 0 unspecified atom stereocenters. The minimum Gasteiger partial charge on any atom is -0.390 e. The average molecular weight is 302 g/mol. The molecular formula is C13H22N2O4S. The summed E-state index contributed by atoms with van der Waals surface area (Å²) in [6, 6.07) is 1.42. The molecule has 1 aliphatic rings. The molecular weight excluding hydrogens is 280 g/mol. The molecule has 1 aliphatic carbocycles. The molecule has 1 fully saturated rings. The monoisotopic (exact) mass is 302 g/mol. The maximum atomic E-state index is 11.9. The number of aliphatic hydroxyl groups excluding tert-OH is 1. The normalized spacial score (nSPS) is 17.4. The van der Waals surface area contributed by atoms with Gasteiger partial charge in [-0.25, -0.2) is 13.1 Å². The number of rotatable bonds is 7. The Balaban J connectivity index is 1.74. The number of ether oxygens (including phenoxy) is 1. The van der Waals surface area contributed by atoms with E-state index in [2.05, 4.69) is 9.71 Å². The number of aromatic amines is 1. The van der Waals surface area contributed by atoms with Crippen LogP contribution in [-0.4, -0.2) is 37.8 Å². The second-order valence-electron chi connectivity index (χ2n) is 5.05. The number of sulfonamides is 1. The third-order valence-electron chi connectivity index (χ3n) is 3.50.